The Morgan fingerprint density at radius 2 is 2.36 bits per heavy atom. The molecule has 0 saturated heterocycles. The van der Waals surface area contributed by atoms with Gasteiger partial charge in [0.25, 0.3) is 5.91 Å². The van der Waals surface area contributed by atoms with Gasteiger partial charge in [0.15, 0.2) is 5.01 Å². The first kappa shape index (κ1) is 11.2. The van der Waals surface area contributed by atoms with Gasteiger partial charge in [0.2, 0.25) is 0 Å². The lowest BCUT2D eigenvalue weighted by molar-refractivity contribution is 0.0951. The second-order valence-corrected chi connectivity index (χ2v) is 4.59. The van der Waals surface area contributed by atoms with Crippen LogP contribution in [0.5, 0.6) is 0 Å². The van der Waals surface area contributed by atoms with Crippen LogP contribution in [0.2, 0.25) is 0 Å². The second-order valence-electron chi connectivity index (χ2n) is 3.73. The van der Waals surface area contributed by atoms with Crippen molar-refractivity contribution in [2.75, 3.05) is 6.54 Å². The molecule has 78 valence electrons. The quantitative estimate of drug-likeness (QED) is 0.831. The summed E-state index contributed by atoms with van der Waals surface area (Å²) < 4.78 is 0. The van der Waals surface area contributed by atoms with E-state index < -0.39 is 0 Å². The van der Waals surface area contributed by atoms with Gasteiger partial charge in [-0.25, -0.2) is 4.98 Å². The van der Waals surface area contributed by atoms with Crippen LogP contribution in [0.4, 0.5) is 0 Å². The van der Waals surface area contributed by atoms with Gasteiger partial charge in [-0.1, -0.05) is 13.8 Å². The Morgan fingerprint density at radius 1 is 1.64 bits per heavy atom. The summed E-state index contributed by atoms with van der Waals surface area (Å²) in [4.78, 5) is 15.6. The van der Waals surface area contributed by atoms with Gasteiger partial charge >= 0.3 is 0 Å². The Hall–Kier alpha value is -0.900. The van der Waals surface area contributed by atoms with Crippen LogP contribution in [0.1, 0.15) is 35.8 Å². The molecular weight excluding hydrogens is 196 g/mol. The number of nitrogens with one attached hydrogen (secondary N) is 1. The smallest absolute Gasteiger partial charge is 0.280 e. The number of amides is 1. The molecule has 0 spiro atoms. The lowest BCUT2D eigenvalue weighted by Crippen LogP contribution is -2.25. The molecule has 0 unspecified atom stereocenters. The summed E-state index contributed by atoms with van der Waals surface area (Å²) >= 11 is 1.39. The van der Waals surface area contributed by atoms with E-state index in [9.17, 15) is 4.79 Å². The van der Waals surface area contributed by atoms with Crippen LogP contribution in [0, 0.1) is 12.8 Å². The molecule has 0 radical (unpaired) electrons. The van der Waals surface area contributed by atoms with Crippen LogP contribution < -0.4 is 5.32 Å². The number of rotatable bonds is 4. The highest BCUT2D eigenvalue weighted by Crippen LogP contribution is 2.08. The molecule has 0 saturated carbocycles. The SMILES string of the molecule is Cc1csc(C(=O)NCCC(C)C)n1. The summed E-state index contributed by atoms with van der Waals surface area (Å²) in [7, 11) is 0. The van der Waals surface area contributed by atoms with E-state index >= 15 is 0 Å². The van der Waals surface area contributed by atoms with E-state index in [2.05, 4.69) is 24.1 Å². The van der Waals surface area contributed by atoms with Gasteiger partial charge in [-0.3, -0.25) is 4.79 Å². The maximum absolute atomic E-state index is 11.5. The Morgan fingerprint density at radius 3 is 2.86 bits per heavy atom. The summed E-state index contributed by atoms with van der Waals surface area (Å²) in [6.45, 7) is 6.90. The summed E-state index contributed by atoms with van der Waals surface area (Å²) in [5.74, 6) is 0.567. The van der Waals surface area contributed by atoms with Crippen LogP contribution in [0.3, 0.4) is 0 Å². The lowest BCUT2D eigenvalue weighted by atomic mass is 10.1. The average molecular weight is 212 g/mol. The number of hydrogen-bond donors (Lipinski definition) is 1. The number of carbonyl (C=O) groups excluding carboxylic acids is 1. The largest absolute Gasteiger partial charge is 0.350 e. The van der Waals surface area contributed by atoms with E-state index in [1.807, 2.05) is 12.3 Å². The Balaban J connectivity index is 2.36. The predicted molar refractivity (Wildman–Crippen MR) is 58.6 cm³/mol. The van der Waals surface area contributed by atoms with E-state index in [4.69, 9.17) is 0 Å². The van der Waals surface area contributed by atoms with Crippen molar-refractivity contribution in [1.82, 2.24) is 10.3 Å². The zero-order valence-corrected chi connectivity index (χ0v) is 9.65. The number of hydrogen-bond acceptors (Lipinski definition) is 3. The van der Waals surface area contributed by atoms with Gasteiger partial charge in [0.05, 0.1) is 0 Å². The van der Waals surface area contributed by atoms with Crippen molar-refractivity contribution >= 4 is 17.2 Å². The molecule has 0 bridgehead atoms. The van der Waals surface area contributed by atoms with E-state index in [1.165, 1.54) is 11.3 Å². The Labute approximate surface area is 88.6 Å². The van der Waals surface area contributed by atoms with Crippen molar-refractivity contribution in [3.8, 4) is 0 Å². The summed E-state index contributed by atoms with van der Waals surface area (Å²) in [6.07, 6.45) is 1.01. The Kier molecular flexibility index (Phi) is 4.07. The lowest BCUT2D eigenvalue weighted by Gasteiger charge is -2.04. The maximum atomic E-state index is 11.5. The predicted octanol–water partition coefficient (Wildman–Crippen LogP) is 2.23. The number of nitrogens with zero attached hydrogens (tertiary/aromatic N) is 1. The molecular formula is C10H16N2OS. The minimum absolute atomic E-state index is 0.0521. The first-order valence-electron chi connectivity index (χ1n) is 4.80. The van der Waals surface area contributed by atoms with Gasteiger partial charge in [0, 0.05) is 17.6 Å². The number of carbonyl (C=O) groups is 1. The molecule has 1 amide bonds. The molecule has 0 fully saturated rings. The first-order chi connectivity index (χ1) is 6.59. The maximum Gasteiger partial charge on any atom is 0.280 e. The van der Waals surface area contributed by atoms with E-state index in [0.717, 1.165) is 18.7 Å². The molecule has 4 heteroatoms. The van der Waals surface area contributed by atoms with E-state index in [1.54, 1.807) is 0 Å². The van der Waals surface area contributed by atoms with Gasteiger partial charge in [-0.2, -0.15) is 0 Å². The monoisotopic (exact) mass is 212 g/mol. The van der Waals surface area contributed by atoms with Crippen molar-refractivity contribution in [1.29, 1.82) is 0 Å². The molecule has 0 aliphatic heterocycles. The van der Waals surface area contributed by atoms with Crippen LogP contribution in [-0.4, -0.2) is 17.4 Å². The molecule has 0 atom stereocenters. The Bertz CT molecular complexity index is 307. The van der Waals surface area contributed by atoms with Crippen LogP contribution in [0.15, 0.2) is 5.38 Å². The molecule has 14 heavy (non-hydrogen) atoms. The molecule has 0 aliphatic carbocycles. The highest BCUT2D eigenvalue weighted by Gasteiger charge is 2.08. The molecule has 1 aromatic rings. The van der Waals surface area contributed by atoms with Crippen molar-refractivity contribution in [3.63, 3.8) is 0 Å². The zero-order chi connectivity index (χ0) is 10.6. The third-order valence-electron chi connectivity index (χ3n) is 1.82. The molecule has 1 aromatic heterocycles. The highest BCUT2D eigenvalue weighted by molar-refractivity contribution is 7.11. The number of thiazole rings is 1. The molecule has 1 rings (SSSR count). The van der Waals surface area contributed by atoms with Crippen LogP contribution in [0.25, 0.3) is 0 Å². The number of aryl methyl sites for hydroxylation is 1. The fraction of sp³-hybridized carbons (Fsp3) is 0.600. The number of aromatic nitrogens is 1. The average Bonchev–Trinajstić information content (AvgIpc) is 2.51. The van der Waals surface area contributed by atoms with Crippen molar-refractivity contribution in [2.45, 2.75) is 27.2 Å². The highest BCUT2D eigenvalue weighted by atomic mass is 32.1. The first-order valence-corrected chi connectivity index (χ1v) is 5.68. The molecule has 0 aliphatic rings. The third-order valence-corrected chi connectivity index (χ3v) is 2.78. The van der Waals surface area contributed by atoms with Crippen LogP contribution in [-0.2, 0) is 0 Å². The van der Waals surface area contributed by atoms with E-state index in [-0.39, 0.29) is 5.91 Å². The minimum atomic E-state index is -0.0521. The normalized spacial score (nSPS) is 10.6. The van der Waals surface area contributed by atoms with Crippen molar-refractivity contribution in [2.24, 2.45) is 5.92 Å². The fourth-order valence-electron chi connectivity index (χ4n) is 1.01. The second kappa shape index (κ2) is 5.10. The molecule has 1 heterocycles. The summed E-state index contributed by atoms with van der Waals surface area (Å²) in [5.41, 5.74) is 0.906. The van der Waals surface area contributed by atoms with Gasteiger partial charge in [-0.05, 0) is 19.3 Å². The van der Waals surface area contributed by atoms with E-state index in [0.29, 0.717) is 10.9 Å². The van der Waals surface area contributed by atoms with Gasteiger partial charge in [0.1, 0.15) is 0 Å². The minimum Gasteiger partial charge on any atom is -0.350 e. The summed E-state index contributed by atoms with van der Waals surface area (Å²) in [5, 5.41) is 5.30. The standard InChI is InChI=1S/C10H16N2OS/c1-7(2)4-5-11-9(13)10-12-8(3)6-14-10/h6-7H,4-5H2,1-3H3,(H,11,13). The van der Waals surface area contributed by atoms with Crippen molar-refractivity contribution < 1.29 is 4.79 Å². The van der Waals surface area contributed by atoms with Gasteiger partial charge in [-0.15, -0.1) is 11.3 Å². The van der Waals surface area contributed by atoms with Crippen molar-refractivity contribution in [3.05, 3.63) is 16.1 Å². The molecule has 1 N–H and O–H groups in total. The zero-order valence-electron chi connectivity index (χ0n) is 8.83. The topological polar surface area (TPSA) is 42.0 Å². The molecule has 3 nitrogen and oxygen atoms in total. The molecule has 0 aromatic carbocycles. The van der Waals surface area contributed by atoms with Gasteiger partial charge < -0.3 is 5.32 Å². The van der Waals surface area contributed by atoms with Crippen LogP contribution >= 0.6 is 11.3 Å². The fourth-order valence-corrected chi connectivity index (χ4v) is 1.72. The summed E-state index contributed by atoms with van der Waals surface area (Å²) in [6, 6.07) is 0. The third kappa shape index (κ3) is 3.46.